The molecule has 5 heteroatoms. The summed E-state index contributed by atoms with van der Waals surface area (Å²) in [6.07, 6.45) is 3.37. The van der Waals surface area contributed by atoms with Crippen molar-refractivity contribution in [2.75, 3.05) is 20.3 Å². The fraction of sp³-hybridized carbons (Fsp3) is 0.500. The number of ether oxygens (including phenoxy) is 1. The van der Waals surface area contributed by atoms with Crippen molar-refractivity contribution < 1.29 is 14.6 Å². The van der Waals surface area contributed by atoms with Crippen molar-refractivity contribution in [3.63, 3.8) is 0 Å². The number of carbonyl (C=O) groups excluding carboxylic acids is 1. The third-order valence-corrected chi connectivity index (χ3v) is 3.04. The first kappa shape index (κ1) is 11.9. The number of methoxy groups -OCH3 is 1. The molecule has 1 saturated heterocycles. The average molecular weight is 236 g/mol. The molecule has 92 valence electrons. The zero-order chi connectivity index (χ0) is 12.3. The van der Waals surface area contributed by atoms with Crippen LogP contribution in [0.15, 0.2) is 18.3 Å². The van der Waals surface area contributed by atoms with E-state index in [-0.39, 0.29) is 18.6 Å². The van der Waals surface area contributed by atoms with Crippen LogP contribution in [0.3, 0.4) is 0 Å². The fourth-order valence-electron chi connectivity index (χ4n) is 2.16. The number of amides is 1. The molecule has 1 aromatic rings. The summed E-state index contributed by atoms with van der Waals surface area (Å²) in [5.74, 6) is 0.215. The molecule has 0 radical (unpaired) electrons. The first-order valence-electron chi connectivity index (χ1n) is 5.68. The monoisotopic (exact) mass is 236 g/mol. The quantitative estimate of drug-likeness (QED) is 0.838. The predicted molar refractivity (Wildman–Crippen MR) is 61.9 cm³/mol. The van der Waals surface area contributed by atoms with E-state index >= 15 is 0 Å². The van der Waals surface area contributed by atoms with Crippen LogP contribution in [0, 0.1) is 0 Å². The molecule has 17 heavy (non-hydrogen) atoms. The molecule has 1 N–H and O–H groups in total. The van der Waals surface area contributed by atoms with Gasteiger partial charge in [0.1, 0.15) is 5.56 Å². The Kier molecular flexibility index (Phi) is 3.58. The maximum atomic E-state index is 12.3. The van der Waals surface area contributed by atoms with Gasteiger partial charge >= 0.3 is 0 Å². The number of hydrogen-bond acceptors (Lipinski definition) is 4. The number of pyridine rings is 1. The Labute approximate surface area is 100 Å². The molecule has 1 atom stereocenters. The molecule has 1 aromatic heterocycles. The molecule has 0 saturated carbocycles. The Hall–Kier alpha value is -1.62. The molecule has 2 rings (SSSR count). The normalized spacial score (nSPS) is 19.4. The zero-order valence-electron chi connectivity index (χ0n) is 9.80. The first-order valence-corrected chi connectivity index (χ1v) is 5.68. The largest absolute Gasteiger partial charge is 0.480 e. The van der Waals surface area contributed by atoms with Gasteiger partial charge in [-0.15, -0.1) is 0 Å². The molecule has 5 nitrogen and oxygen atoms in total. The second-order valence-electron chi connectivity index (χ2n) is 4.04. The minimum absolute atomic E-state index is 0.00825. The summed E-state index contributed by atoms with van der Waals surface area (Å²) in [7, 11) is 1.49. The van der Waals surface area contributed by atoms with Crippen LogP contribution in [0.1, 0.15) is 23.2 Å². The zero-order valence-corrected chi connectivity index (χ0v) is 9.80. The minimum Gasteiger partial charge on any atom is -0.480 e. The number of hydrogen-bond donors (Lipinski definition) is 1. The van der Waals surface area contributed by atoms with Gasteiger partial charge in [-0.2, -0.15) is 0 Å². The van der Waals surface area contributed by atoms with Gasteiger partial charge in [0, 0.05) is 12.7 Å². The molecule has 0 bridgehead atoms. The van der Waals surface area contributed by atoms with E-state index in [0.717, 1.165) is 12.8 Å². The Morgan fingerprint density at radius 3 is 3.24 bits per heavy atom. The number of rotatable bonds is 3. The van der Waals surface area contributed by atoms with Gasteiger partial charge in [0.2, 0.25) is 5.88 Å². The molecule has 1 fully saturated rings. The van der Waals surface area contributed by atoms with Gasteiger partial charge in [0.05, 0.1) is 19.8 Å². The number of carbonyl (C=O) groups is 1. The molecular weight excluding hydrogens is 220 g/mol. The summed E-state index contributed by atoms with van der Waals surface area (Å²) in [5.41, 5.74) is 0.454. The highest BCUT2D eigenvalue weighted by atomic mass is 16.5. The van der Waals surface area contributed by atoms with E-state index < -0.39 is 0 Å². The van der Waals surface area contributed by atoms with Gasteiger partial charge < -0.3 is 14.7 Å². The van der Waals surface area contributed by atoms with Gasteiger partial charge in [-0.05, 0) is 25.0 Å². The van der Waals surface area contributed by atoms with Crippen LogP contribution in [-0.2, 0) is 0 Å². The minimum atomic E-state index is -0.119. The van der Waals surface area contributed by atoms with Crippen LogP contribution >= 0.6 is 0 Å². The van der Waals surface area contributed by atoms with E-state index in [2.05, 4.69) is 4.98 Å². The van der Waals surface area contributed by atoms with Crippen LogP contribution in [0.25, 0.3) is 0 Å². The number of likely N-dealkylation sites (tertiary alicyclic amines) is 1. The van der Waals surface area contributed by atoms with Gasteiger partial charge in [0.15, 0.2) is 0 Å². The Morgan fingerprint density at radius 2 is 2.53 bits per heavy atom. The van der Waals surface area contributed by atoms with Crippen LogP contribution in [-0.4, -0.2) is 47.2 Å². The highest BCUT2D eigenvalue weighted by Gasteiger charge is 2.30. The molecule has 1 aliphatic heterocycles. The van der Waals surface area contributed by atoms with E-state index in [1.807, 2.05) is 0 Å². The molecule has 1 aliphatic rings. The number of aliphatic hydroxyl groups is 1. The predicted octanol–water partition coefficient (Wildman–Crippen LogP) is 0.687. The van der Waals surface area contributed by atoms with E-state index in [1.165, 1.54) is 7.11 Å². The summed E-state index contributed by atoms with van der Waals surface area (Å²) in [6, 6.07) is 3.33. The number of nitrogens with zero attached hydrogens (tertiary/aromatic N) is 2. The molecular formula is C12H16N2O3. The second-order valence-corrected chi connectivity index (χ2v) is 4.04. The van der Waals surface area contributed by atoms with E-state index in [4.69, 9.17) is 4.74 Å². The van der Waals surface area contributed by atoms with Crippen LogP contribution in [0.5, 0.6) is 5.88 Å². The van der Waals surface area contributed by atoms with Crippen molar-refractivity contribution in [1.82, 2.24) is 9.88 Å². The SMILES string of the molecule is COc1ncccc1C(=O)N1CCC[C@@H]1CO. The van der Waals surface area contributed by atoms with Gasteiger partial charge in [-0.1, -0.05) is 0 Å². The van der Waals surface area contributed by atoms with E-state index in [1.54, 1.807) is 23.2 Å². The van der Waals surface area contributed by atoms with E-state index in [0.29, 0.717) is 18.0 Å². The molecule has 0 spiro atoms. The third-order valence-electron chi connectivity index (χ3n) is 3.04. The summed E-state index contributed by atoms with van der Waals surface area (Å²) in [5, 5.41) is 9.22. The van der Waals surface area contributed by atoms with E-state index in [9.17, 15) is 9.90 Å². The maximum absolute atomic E-state index is 12.3. The van der Waals surface area contributed by atoms with Crippen LogP contribution in [0.4, 0.5) is 0 Å². The lowest BCUT2D eigenvalue weighted by molar-refractivity contribution is 0.0673. The first-order chi connectivity index (χ1) is 8.27. The van der Waals surface area contributed by atoms with Gasteiger partial charge in [-0.3, -0.25) is 4.79 Å². The Morgan fingerprint density at radius 1 is 1.71 bits per heavy atom. The van der Waals surface area contributed by atoms with Crippen molar-refractivity contribution in [2.24, 2.45) is 0 Å². The summed E-state index contributed by atoms with van der Waals surface area (Å²) >= 11 is 0. The lowest BCUT2D eigenvalue weighted by Crippen LogP contribution is -2.37. The van der Waals surface area contributed by atoms with Crippen molar-refractivity contribution in [3.05, 3.63) is 23.9 Å². The van der Waals surface area contributed by atoms with Crippen LogP contribution in [0.2, 0.25) is 0 Å². The summed E-state index contributed by atoms with van der Waals surface area (Å²) < 4.78 is 5.07. The van der Waals surface area contributed by atoms with Crippen molar-refractivity contribution in [3.8, 4) is 5.88 Å². The fourth-order valence-corrected chi connectivity index (χ4v) is 2.16. The van der Waals surface area contributed by atoms with Gasteiger partial charge in [0.25, 0.3) is 5.91 Å². The number of aromatic nitrogens is 1. The molecule has 0 aliphatic carbocycles. The topological polar surface area (TPSA) is 62.7 Å². The van der Waals surface area contributed by atoms with Crippen molar-refractivity contribution in [1.29, 1.82) is 0 Å². The molecule has 0 aromatic carbocycles. The van der Waals surface area contributed by atoms with Gasteiger partial charge in [-0.25, -0.2) is 4.98 Å². The second kappa shape index (κ2) is 5.14. The number of aliphatic hydroxyl groups excluding tert-OH is 1. The highest BCUT2D eigenvalue weighted by Crippen LogP contribution is 2.23. The lowest BCUT2D eigenvalue weighted by atomic mass is 10.2. The van der Waals surface area contributed by atoms with Crippen LogP contribution < -0.4 is 4.74 Å². The highest BCUT2D eigenvalue weighted by molar-refractivity contribution is 5.96. The standard InChI is InChI=1S/C12H16N2O3/c1-17-11-10(5-2-6-13-11)12(16)14-7-3-4-9(14)8-15/h2,5-6,9,15H,3-4,7-8H2,1H3/t9-/m1/s1. The molecule has 0 unspecified atom stereocenters. The average Bonchev–Trinajstić information content (AvgIpc) is 2.86. The Balaban J connectivity index is 2.24. The van der Waals surface area contributed by atoms with Crippen molar-refractivity contribution in [2.45, 2.75) is 18.9 Å². The molecule has 1 amide bonds. The maximum Gasteiger partial charge on any atom is 0.259 e. The van der Waals surface area contributed by atoms with Crippen molar-refractivity contribution >= 4 is 5.91 Å². The summed E-state index contributed by atoms with van der Waals surface area (Å²) in [4.78, 5) is 18.0. The Bertz CT molecular complexity index is 408. The third kappa shape index (κ3) is 2.24. The lowest BCUT2D eigenvalue weighted by Gasteiger charge is -2.23. The molecule has 2 heterocycles. The smallest absolute Gasteiger partial charge is 0.259 e. The summed E-state index contributed by atoms with van der Waals surface area (Å²) in [6.45, 7) is 0.691.